The van der Waals surface area contributed by atoms with Crippen molar-refractivity contribution in [2.75, 3.05) is 11.8 Å². The molecule has 0 bridgehead atoms. The minimum atomic E-state index is -3.82. The Balaban J connectivity index is 2.36. The fourth-order valence-corrected chi connectivity index (χ4v) is 3.21. The van der Waals surface area contributed by atoms with Gasteiger partial charge in [-0.3, -0.25) is 4.72 Å². The number of methoxy groups -OCH3 is 1. The summed E-state index contributed by atoms with van der Waals surface area (Å²) < 4.78 is 33.4. The number of aromatic nitrogens is 2. The van der Waals surface area contributed by atoms with E-state index in [0.717, 1.165) is 5.56 Å². The van der Waals surface area contributed by atoms with Gasteiger partial charge in [-0.2, -0.15) is 8.42 Å². The van der Waals surface area contributed by atoms with Crippen molar-refractivity contribution in [3.05, 3.63) is 35.2 Å². The molecule has 0 aliphatic heterocycles. The molecule has 6 nitrogen and oxygen atoms in total. The summed E-state index contributed by atoms with van der Waals surface area (Å²) in [6.07, 6.45) is 1.35. The first-order chi connectivity index (χ1) is 9.35. The van der Waals surface area contributed by atoms with Gasteiger partial charge in [-0.15, -0.1) is 0 Å². The van der Waals surface area contributed by atoms with Crippen molar-refractivity contribution in [3.8, 4) is 5.75 Å². The van der Waals surface area contributed by atoms with E-state index < -0.39 is 10.0 Å². The van der Waals surface area contributed by atoms with E-state index in [0.29, 0.717) is 11.4 Å². The van der Waals surface area contributed by atoms with Crippen LogP contribution >= 0.6 is 11.6 Å². The van der Waals surface area contributed by atoms with Crippen LogP contribution in [0.1, 0.15) is 5.56 Å². The van der Waals surface area contributed by atoms with Crippen LogP contribution in [0.25, 0.3) is 0 Å². The van der Waals surface area contributed by atoms with Crippen molar-refractivity contribution >= 4 is 27.3 Å². The Labute approximate surface area is 122 Å². The van der Waals surface area contributed by atoms with Gasteiger partial charge in [-0.05, 0) is 30.7 Å². The molecule has 0 saturated heterocycles. The molecule has 0 radical (unpaired) electrons. The Kier molecular flexibility index (Phi) is 3.92. The Hall–Kier alpha value is -1.73. The van der Waals surface area contributed by atoms with Crippen LogP contribution in [0.3, 0.4) is 0 Å². The molecule has 1 aromatic heterocycles. The molecule has 0 unspecified atom stereocenters. The van der Waals surface area contributed by atoms with E-state index in [1.807, 2.05) is 0 Å². The van der Waals surface area contributed by atoms with Gasteiger partial charge in [-0.1, -0.05) is 11.6 Å². The maximum Gasteiger partial charge on any atom is 0.282 e. The Bertz CT molecular complexity index is 740. The summed E-state index contributed by atoms with van der Waals surface area (Å²) in [4.78, 5) is 3.80. The monoisotopic (exact) mass is 315 g/mol. The lowest BCUT2D eigenvalue weighted by Crippen LogP contribution is -2.14. The topological polar surface area (TPSA) is 73.2 Å². The lowest BCUT2D eigenvalue weighted by atomic mass is 10.2. The van der Waals surface area contributed by atoms with Gasteiger partial charge in [0.05, 0.1) is 19.1 Å². The molecule has 108 valence electrons. The summed E-state index contributed by atoms with van der Waals surface area (Å²) >= 11 is 5.91. The minimum Gasteiger partial charge on any atom is -0.497 e. The average Bonchev–Trinajstić information content (AvgIpc) is 2.73. The van der Waals surface area contributed by atoms with Crippen molar-refractivity contribution < 1.29 is 13.2 Å². The second-order valence-electron chi connectivity index (χ2n) is 4.24. The highest BCUT2D eigenvalue weighted by Gasteiger charge is 2.23. The van der Waals surface area contributed by atoms with Crippen molar-refractivity contribution in [2.45, 2.75) is 11.9 Å². The molecule has 0 spiro atoms. The van der Waals surface area contributed by atoms with Gasteiger partial charge in [-0.25, -0.2) is 4.98 Å². The van der Waals surface area contributed by atoms with E-state index in [4.69, 9.17) is 16.3 Å². The highest BCUT2D eigenvalue weighted by molar-refractivity contribution is 7.92. The zero-order chi connectivity index (χ0) is 14.9. The first-order valence-corrected chi connectivity index (χ1v) is 7.55. The molecule has 0 fully saturated rings. The van der Waals surface area contributed by atoms with Gasteiger partial charge in [0.25, 0.3) is 10.0 Å². The molecular formula is C12H14ClN3O3S. The van der Waals surface area contributed by atoms with Crippen LogP contribution in [-0.4, -0.2) is 25.1 Å². The SMILES string of the molecule is COc1ccc(NS(=O)(=O)c2ncn(C)c2Cl)c(C)c1. The average molecular weight is 316 g/mol. The number of hydrogen-bond acceptors (Lipinski definition) is 4. The molecule has 1 aromatic carbocycles. The van der Waals surface area contributed by atoms with Crippen LogP contribution in [0.15, 0.2) is 29.6 Å². The summed E-state index contributed by atoms with van der Waals surface area (Å²) in [5.41, 5.74) is 1.19. The summed E-state index contributed by atoms with van der Waals surface area (Å²) in [6.45, 7) is 1.78. The summed E-state index contributed by atoms with van der Waals surface area (Å²) in [5, 5.41) is -0.138. The highest BCUT2D eigenvalue weighted by Crippen LogP contribution is 2.25. The quantitative estimate of drug-likeness (QED) is 0.938. The number of rotatable bonds is 4. The lowest BCUT2D eigenvalue weighted by Gasteiger charge is -2.10. The molecule has 1 heterocycles. The van der Waals surface area contributed by atoms with Gasteiger partial charge in [0.15, 0.2) is 0 Å². The highest BCUT2D eigenvalue weighted by atomic mass is 35.5. The van der Waals surface area contributed by atoms with Crippen molar-refractivity contribution in [1.82, 2.24) is 9.55 Å². The number of halogens is 1. The first-order valence-electron chi connectivity index (χ1n) is 5.69. The Morgan fingerprint density at radius 1 is 1.40 bits per heavy atom. The number of ether oxygens (including phenoxy) is 1. The van der Waals surface area contributed by atoms with Crippen LogP contribution < -0.4 is 9.46 Å². The zero-order valence-electron chi connectivity index (χ0n) is 11.2. The fraction of sp³-hybridized carbons (Fsp3) is 0.250. The number of hydrogen-bond donors (Lipinski definition) is 1. The Morgan fingerprint density at radius 2 is 2.10 bits per heavy atom. The number of imidazole rings is 1. The third-order valence-corrected chi connectivity index (χ3v) is 4.62. The van der Waals surface area contributed by atoms with E-state index in [-0.39, 0.29) is 10.2 Å². The molecule has 0 aliphatic rings. The third kappa shape index (κ3) is 2.73. The summed E-state index contributed by atoms with van der Waals surface area (Å²) in [7, 11) is -0.654. The number of aryl methyl sites for hydroxylation is 2. The Morgan fingerprint density at radius 3 is 2.60 bits per heavy atom. The summed E-state index contributed by atoms with van der Waals surface area (Å²) in [5.74, 6) is 0.654. The minimum absolute atomic E-state index is 0.0589. The molecule has 2 aromatic rings. The van der Waals surface area contributed by atoms with E-state index in [9.17, 15) is 8.42 Å². The van der Waals surface area contributed by atoms with Gasteiger partial charge in [0, 0.05) is 7.05 Å². The fourth-order valence-electron chi connectivity index (χ4n) is 1.64. The van der Waals surface area contributed by atoms with Gasteiger partial charge in [0.1, 0.15) is 10.9 Å². The molecule has 0 aliphatic carbocycles. The standard InChI is InChI=1S/C12H14ClN3O3S/c1-8-6-9(19-3)4-5-10(8)15-20(17,18)12-11(13)16(2)7-14-12/h4-7,15H,1-3H3. The second kappa shape index (κ2) is 5.34. The van der Waals surface area contributed by atoms with Gasteiger partial charge in [0.2, 0.25) is 5.03 Å². The predicted molar refractivity (Wildman–Crippen MR) is 76.8 cm³/mol. The zero-order valence-corrected chi connectivity index (χ0v) is 12.8. The second-order valence-corrected chi connectivity index (χ2v) is 6.19. The van der Waals surface area contributed by atoms with Crippen LogP contribution in [0.4, 0.5) is 5.69 Å². The number of nitrogens with zero attached hydrogens (tertiary/aromatic N) is 2. The molecule has 0 saturated carbocycles. The number of sulfonamides is 1. The normalized spacial score (nSPS) is 11.4. The number of nitrogens with one attached hydrogen (secondary N) is 1. The van der Waals surface area contributed by atoms with Crippen LogP contribution in [0, 0.1) is 6.92 Å². The molecular weight excluding hydrogens is 302 g/mol. The van der Waals surface area contributed by atoms with E-state index in [1.54, 1.807) is 39.3 Å². The maximum absolute atomic E-state index is 12.2. The largest absolute Gasteiger partial charge is 0.497 e. The predicted octanol–water partition coefficient (Wildman–Crippen LogP) is 2.19. The van der Waals surface area contributed by atoms with E-state index in [2.05, 4.69) is 9.71 Å². The van der Waals surface area contributed by atoms with E-state index in [1.165, 1.54) is 10.9 Å². The van der Waals surface area contributed by atoms with E-state index >= 15 is 0 Å². The van der Waals surface area contributed by atoms with Crippen molar-refractivity contribution in [1.29, 1.82) is 0 Å². The van der Waals surface area contributed by atoms with Crippen LogP contribution in [-0.2, 0) is 17.1 Å². The number of anilines is 1. The van der Waals surface area contributed by atoms with Gasteiger partial charge >= 0.3 is 0 Å². The van der Waals surface area contributed by atoms with Crippen LogP contribution in [0.5, 0.6) is 5.75 Å². The first kappa shape index (κ1) is 14.7. The molecule has 2 rings (SSSR count). The van der Waals surface area contributed by atoms with Crippen molar-refractivity contribution in [2.24, 2.45) is 7.05 Å². The van der Waals surface area contributed by atoms with Crippen LogP contribution in [0.2, 0.25) is 5.15 Å². The lowest BCUT2D eigenvalue weighted by molar-refractivity contribution is 0.414. The molecule has 0 amide bonds. The molecule has 1 N–H and O–H groups in total. The smallest absolute Gasteiger partial charge is 0.282 e. The molecule has 20 heavy (non-hydrogen) atoms. The molecule has 0 atom stereocenters. The maximum atomic E-state index is 12.2. The van der Waals surface area contributed by atoms with Gasteiger partial charge < -0.3 is 9.30 Å². The summed E-state index contributed by atoms with van der Waals surface area (Å²) in [6, 6.07) is 5.03. The molecule has 8 heteroatoms. The number of benzene rings is 1. The third-order valence-electron chi connectivity index (χ3n) is 2.77. The van der Waals surface area contributed by atoms with Crippen molar-refractivity contribution in [3.63, 3.8) is 0 Å².